The van der Waals surface area contributed by atoms with Crippen LogP contribution >= 0.6 is 23.2 Å². The lowest BCUT2D eigenvalue weighted by molar-refractivity contribution is 1.36. The minimum absolute atomic E-state index is 0.0126. The van der Waals surface area contributed by atoms with Crippen molar-refractivity contribution in [1.82, 2.24) is 0 Å². The Labute approximate surface area is 86.3 Å². The molecule has 0 aliphatic heterocycles. The number of benzene rings is 1. The molecule has 1 aromatic rings. The van der Waals surface area contributed by atoms with E-state index in [2.05, 4.69) is 4.99 Å². The largest absolute Gasteiger partial charge is 0.370 e. The molecular formula is C8H9Cl2N3. The summed E-state index contributed by atoms with van der Waals surface area (Å²) in [5.41, 5.74) is 11.9. The van der Waals surface area contributed by atoms with Gasteiger partial charge in [0.15, 0.2) is 5.96 Å². The Hall–Kier alpha value is -0.930. The van der Waals surface area contributed by atoms with Gasteiger partial charge in [0, 0.05) is 10.0 Å². The topological polar surface area (TPSA) is 64.4 Å². The van der Waals surface area contributed by atoms with E-state index < -0.39 is 0 Å². The van der Waals surface area contributed by atoms with E-state index in [4.69, 9.17) is 34.7 Å². The number of rotatable bonds is 1. The van der Waals surface area contributed by atoms with E-state index in [1.807, 2.05) is 6.92 Å². The molecule has 0 aliphatic carbocycles. The molecule has 3 nitrogen and oxygen atoms in total. The number of halogens is 2. The Bertz CT molecular complexity index is 357. The van der Waals surface area contributed by atoms with Gasteiger partial charge in [0.2, 0.25) is 0 Å². The normalized spacial score (nSPS) is 9.77. The molecule has 13 heavy (non-hydrogen) atoms. The van der Waals surface area contributed by atoms with Gasteiger partial charge in [-0.25, -0.2) is 4.99 Å². The van der Waals surface area contributed by atoms with Crippen LogP contribution in [0.4, 0.5) is 5.69 Å². The molecule has 70 valence electrons. The average molecular weight is 218 g/mol. The molecular weight excluding hydrogens is 209 g/mol. The van der Waals surface area contributed by atoms with Crippen molar-refractivity contribution in [3.8, 4) is 0 Å². The lowest BCUT2D eigenvalue weighted by atomic mass is 10.2. The standard InChI is InChI=1S/C8H9Cl2N3/c1-4-6(10)2-5(9)3-7(4)13-8(11)12/h2-3H,1H3,(H4,11,12,13). The minimum Gasteiger partial charge on any atom is -0.370 e. The highest BCUT2D eigenvalue weighted by Gasteiger charge is 2.03. The van der Waals surface area contributed by atoms with Gasteiger partial charge in [-0.2, -0.15) is 0 Å². The fourth-order valence-corrected chi connectivity index (χ4v) is 1.37. The van der Waals surface area contributed by atoms with E-state index in [1.54, 1.807) is 12.1 Å². The SMILES string of the molecule is Cc1c(Cl)cc(Cl)cc1N=C(N)N. The molecule has 4 N–H and O–H groups in total. The van der Waals surface area contributed by atoms with Gasteiger partial charge in [-0.05, 0) is 24.6 Å². The Kier molecular flexibility index (Phi) is 3.01. The predicted molar refractivity (Wildman–Crippen MR) is 56.7 cm³/mol. The third kappa shape index (κ3) is 2.50. The Morgan fingerprint density at radius 3 is 2.46 bits per heavy atom. The van der Waals surface area contributed by atoms with Crippen LogP contribution in [0.5, 0.6) is 0 Å². The minimum atomic E-state index is -0.0126. The zero-order valence-corrected chi connectivity index (χ0v) is 8.52. The molecule has 0 saturated carbocycles. The van der Waals surface area contributed by atoms with Gasteiger partial charge < -0.3 is 11.5 Å². The van der Waals surface area contributed by atoms with Gasteiger partial charge in [0.25, 0.3) is 0 Å². The van der Waals surface area contributed by atoms with Crippen LogP contribution in [0.1, 0.15) is 5.56 Å². The average Bonchev–Trinajstić information content (AvgIpc) is 1.98. The van der Waals surface area contributed by atoms with E-state index >= 15 is 0 Å². The molecule has 1 rings (SSSR count). The quantitative estimate of drug-likeness (QED) is 0.560. The molecule has 0 bridgehead atoms. The van der Waals surface area contributed by atoms with Crippen molar-refractivity contribution >= 4 is 34.8 Å². The van der Waals surface area contributed by atoms with Crippen LogP contribution in [0.15, 0.2) is 17.1 Å². The molecule has 0 saturated heterocycles. The number of nitrogens with zero attached hydrogens (tertiary/aromatic N) is 1. The van der Waals surface area contributed by atoms with Crippen molar-refractivity contribution in [2.75, 3.05) is 0 Å². The molecule has 5 heteroatoms. The summed E-state index contributed by atoms with van der Waals surface area (Å²) < 4.78 is 0. The van der Waals surface area contributed by atoms with Crippen molar-refractivity contribution in [3.05, 3.63) is 27.7 Å². The van der Waals surface area contributed by atoms with Gasteiger partial charge in [-0.15, -0.1) is 0 Å². The zero-order valence-electron chi connectivity index (χ0n) is 7.01. The smallest absolute Gasteiger partial charge is 0.191 e. The first-order chi connectivity index (χ1) is 6.00. The molecule has 0 unspecified atom stereocenters. The van der Waals surface area contributed by atoms with Gasteiger partial charge in [-0.1, -0.05) is 23.2 Å². The number of hydrogen-bond donors (Lipinski definition) is 2. The number of guanidine groups is 1. The first kappa shape index (κ1) is 10.2. The molecule has 0 fully saturated rings. The van der Waals surface area contributed by atoms with E-state index in [0.717, 1.165) is 5.56 Å². The summed E-state index contributed by atoms with van der Waals surface area (Å²) in [5.74, 6) is -0.0126. The molecule has 0 radical (unpaired) electrons. The van der Waals surface area contributed by atoms with Gasteiger partial charge in [0.1, 0.15) is 0 Å². The monoisotopic (exact) mass is 217 g/mol. The van der Waals surface area contributed by atoms with Crippen LogP contribution in [0.25, 0.3) is 0 Å². The van der Waals surface area contributed by atoms with Crippen molar-refractivity contribution in [2.24, 2.45) is 16.5 Å². The third-order valence-corrected chi connectivity index (χ3v) is 2.14. The number of hydrogen-bond acceptors (Lipinski definition) is 1. The van der Waals surface area contributed by atoms with Gasteiger partial charge >= 0.3 is 0 Å². The highest BCUT2D eigenvalue weighted by Crippen LogP contribution is 2.29. The van der Waals surface area contributed by atoms with Crippen LogP contribution in [-0.2, 0) is 0 Å². The molecule has 0 spiro atoms. The van der Waals surface area contributed by atoms with Crippen LogP contribution in [0, 0.1) is 6.92 Å². The second kappa shape index (κ2) is 3.85. The zero-order chi connectivity index (χ0) is 10.0. The summed E-state index contributed by atoms with van der Waals surface area (Å²) >= 11 is 11.6. The van der Waals surface area contributed by atoms with Gasteiger partial charge in [-0.3, -0.25) is 0 Å². The van der Waals surface area contributed by atoms with Crippen LogP contribution in [0.3, 0.4) is 0 Å². The molecule has 0 amide bonds. The van der Waals surface area contributed by atoms with E-state index in [1.165, 1.54) is 0 Å². The predicted octanol–water partition coefficient (Wildman–Crippen LogP) is 2.21. The number of aliphatic imine (C=N–C) groups is 1. The first-order valence-corrected chi connectivity index (χ1v) is 4.31. The maximum Gasteiger partial charge on any atom is 0.191 e. The van der Waals surface area contributed by atoms with Gasteiger partial charge in [0.05, 0.1) is 5.69 Å². The summed E-state index contributed by atoms with van der Waals surface area (Å²) in [6.07, 6.45) is 0. The maximum absolute atomic E-state index is 5.87. The van der Waals surface area contributed by atoms with Crippen molar-refractivity contribution in [1.29, 1.82) is 0 Å². The first-order valence-electron chi connectivity index (χ1n) is 3.56. The second-order valence-electron chi connectivity index (χ2n) is 2.57. The lowest BCUT2D eigenvalue weighted by Crippen LogP contribution is -2.22. The van der Waals surface area contributed by atoms with E-state index in [9.17, 15) is 0 Å². The summed E-state index contributed by atoms with van der Waals surface area (Å²) in [4.78, 5) is 3.88. The molecule has 0 atom stereocenters. The maximum atomic E-state index is 5.87. The Morgan fingerprint density at radius 2 is 1.92 bits per heavy atom. The Morgan fingerprint density at radius 1 is 1.31 bits per heavy atom. The van der Waals surface area contributed by atoms with Crippen LogP contribution in [0.2, 0.25) is 10.0 Å². The highest BCUT2D eigenvalue weighted by atomic mass is 35.5. The van der Waals surface area contributed by atoms with Crippen molar-refractivity contribution in [3.63, 3.8) is 0 Å². The van der Waals surface area contributed by atoms with Crippen LogP contribution < -0.4 is 11.5 Å². The summed E-state index contributed by atoms with van der Waals surface area (Å²) in [7, 11) is 0. The summed E-state index contributed by atoms with van der Waals surface area (Å²) in [6.45, 7) is 1.82. The highest BCUT2D eigenvalue weighted by molar-refractivity contribution is 6.35. The lowest BCUT2D eigenvalue weighted by Gasteiger charge is -2.03. The van der Waals surface area contributed by atoms with E-state index in [0.29, 0.717) is 15.7 Å². The van der Waals surface area contributed by atoms with Crippen molar-refractivity contribution < 1.29 is 0 Å². The van der Waals surface area contributed by atoms with E-state index in [-0.39, 0.29) is 5.96 Å². The summed E-state index contributed by atoms with van der Waals surface area (Å²) in [6, 6.07) is 3.30. The number of nitrogens with two attached hydrogens (primary N) is 2. The molecule has 1 aromatic carbocycles. The summed E-state index contributed by atoms with van der Waals surface area (Å²) in [5, 5.41) is 1.06. The van der Waals surface area contributed by atoms with Crippen molar-refractivity contribution in [2.45, 2.75) is 6.92 Å². The third-order valence-electron chi connectivity index (χ3n) is 1.53. The second-order valence-corrected chi connectivity index (χ2v) is 3.41. The molecule has 0 aliphatic rings. The van der Waals surface area contributed by atoms with Crippen LogP contribution in [-0.4, -0.2) is 5.96 Å². The molecule has 0 heterocycles. The fraction of sp³-hybridized carbons (Fsp3) is 0.125. The Balaban J connectivity index is 3.28. The molecule has 0 aromatic heterocycles. The fourth-order valence-electron chi connectivity index (χ4n) is 0.887.